The van der Waals surface area contributed by atoms with Crippen LogP contribution in [-0.4, -0.2) is 5.91 Å². The molecule has 0 aliphatic carbocycles. The maximum atomic E-state index is 12.9. The topological polar surface area (TPSA) is 43.1 Å². The highest BCUT2D eigenvalue weighted by Crippen LogP contribution is 2.14. The van der Waals surface area contributed by atoms with Crippen molar-refractivity contribution in [2.24, 2.45) is 5.73 Å². The van der Waals surface area contributed by atoms with Crippen molar-refractivity contribution in [3.05, 3.63) is 36.7 Å². The lowest BCUT2D eigenvalue weighted by atomic mass is 10.1. The van der Waals surface area contributed by atoms with E-state index in [1.165, 1.54) is 12.2 Å². The van der Waals surface area contributed by atoms with Crippen LogP contribution in [0.15, 0.2) is 36.7 Å². The first-order chi connectivity index (χ1) is 5.63. The molecule has 0 heterocycles. The van der Waals surface area contributed by atoms with Crippen LogP contribution in [0, 0.1) is 0 Å². The summed E-state index contributed by atoms with van der Waals surface area (Å²) in [7, 11) is 0. The van der Waals surface area contributed by atoms with Gasteiger partial charge in [-0.15, -0.1) is 13.2 Å². The SMILES string of the molecule is C=CCC(CC=C)=C(F)C(N)=O. The van der Waals surface area contributed by atoms with Gasteiger partial charge in [0.05, 0.1) is 0 Å². The molecule has 0 aliphatic rings. The summed E-state index contributed by atoms with van der Waals surface area (Å²) in [5.74, 6) is -1.91. The number of amides is 1. The molecule has 3 heteroatoms. The van der Waals surface area contributed by atoms with E-state index >= 15 is 0 Å². The summed E-state index contributed by atoms with van der Waals surface area (Å²) in [5.41, 5.74) is 5.08. The molecule has 0 aromatic heterocycles. The molecule has 0 bridgehead atoms. The first-order valence-corrected chi connectivity index (χ1v) is 3.52. The molecule has 0 radical (unpaired) electrons. The van der Waals surface area contributed by atoms with Gasteiger partial charge >= 0.3 is 0 Å². The molecule has 0 unspecified atom stereocenters. The Morgan fingerprint density at radius 3 is 2.00 bits per heavy atom. The summed E-state index contributed by atoms with van der Waals surface area (Å²) >= 11 is 0. The molecule has 0 aromatic carbocycles. The van der Waals surface area contributed by atoms with E-state index < -0.39 is 11.7 Å². The molecule has 0 spiro atoms. The van der Waals surface area contributed by atoms with Gasteiger partial charge in [0, 0.05) is 0 Å². The van der Waals surface area contributed by atoms with Crippen molar-refractivity contribution in [2.75, 3.05) is 0 Å². The normalized spacial score (nSPS) is 8.75. The number of primary amides is 1. The average Bonchev–Trinajstić information content (AvgIpc) is 2.03. The zero-order chi connectivity index (χ0) is 9.56. The molecule has 12 heavy (non-hydrogen) atoms. The second kappa shape index (κ2) is 5.29. The summed E-state index contributed by atoms with van der Waals surface area (Å²) in [4.78, 5) is 10.4. The van der Waals surface area contributed by atoms with Gasteiger partial charge in [0.25, 0.3) is 5.91 Å². The van der Waals surface area contributed by atoms with Crippen LogP contribution in [0.2, 0.25) is 0 Å². The van der Waals surface area contributed by atoms with Crippen molar-refractivity contribution in [3.8, 4) is 0 Å². The standard InChI is InChI=1S/C9H12FNO/c1-3-5-7(6-4-2)8(10)9(11)12/h3-4H,1-2,5-6H2,(H2,11,12). The molecule has 0 saturated heterocycles. The monoisotopic (exact) mass is 169 g/mol. The Morgan fingerprint density at radius 2 is 1.75 bits per heavy atom. The summed E-state index contributed by atoms with van der Waals surface area (Å²) in [5, 5.41) is 0. The van der Waals surface area contributed by atoms with E-state index in [0.29, 0.717) is 18.4 Å². The number of allylic oxidation sites excluding steroid dienone is 3. The van der Waals surface area contributed by atoms with E-state index in [1.807, 2.05) is 0 Å². The zero-order valence-corrected chi connectivity index (χ0v) is 6.85. The van der Waals surface area contributed by atoms with E-state index in [2.05, 4.69) is 13.2 Å². The quantitative estimate of drug-likeness (QED) is 0.495. The van der Waals surface area contributed by atoms with Crippen LogP contribution >= 0.6 is 0 Å². The van der Waals surface area contributed by atoms with Crippen molar-refractivity contribution in [1.29, 1.82) is 0 Å². The van der Waals surface area contributed by atoms with Crippen molar-refractivity contribution in [1.82, 2.24) is 0 Å². The summed E-state index contributed by atoms with van der Waals surface area (Å²) in [6.45, 7) is 6.87. The Morgan fingerprint density at radius 1 is 1.33 bits per heavy atom. The van der Waals surface area contributed by atoms with E-state index in [-0.39, 0.29) is 0 Å². The molecule has 0 aromatic rings. The van der Waals surface area contributed by atoms with Crippen LogP contribution in [0.4, 0.5) is 4.39 Å². The third-order valence-electron chi connectivity index (χ3n) is 1.31. The minimum atomic E-state index is -1.03. The number of carbonyl (C=O) groups is 1. The third-order valence-corrected chi connectivity index (χ3v) is 1.31. The molecular weight excluding hydrogens is 157 g/mol. The van der Waals surface area contributed by atoms with E-state index in [4.69, 9.17) is 5.73 Å². The minimum absolute atomic E-state index is 0.320. The summed E-state index contributed by atoms with van der Waals surface area (Å²) in [6.07, 6.45) is 3.67. The van der Waals surface area contributed by atoms with Gasteiger partial charge in [-0.25, -0.2) is 4.39 Å². The van der Waals surface area contributed by atoms with Gasteiger partial charge in [0.1, 0.15) is 0 Å². The zero-order valence-electron chi connectivity index (χ0n) is 6.85. The fourth-order valence-corrected chi connectivity index (χ4v) is 0.785. The Bertz CT molecular complexity index is 219. The van der Waals surface area contributed by atoms with Crippen molar-refractivity contribution in [3.63, 3.8) is 0 Å². The highest BCUT2D eigenvalue weighted by atomic mass is 19.1. The molecule has 1 amide bonds. The molecule has 0 atom stereocenters. The van der Waals surface area contributed by atoms with Gasteiger partial charge in [0.2, 0.25) is 0 Å². The van der Waals surface area contributed by atoms with E-state index in [0.717, 1.165) is 0 Å². The molecule has 0 aliphatic heterocycles. The molecule has 0 saturated carbocycles. The largest absolute Gasteiger partial charge is 0.364 e. The minimum Gasteiger partial charge on any atom is -0.364 e. The number of hydrogen-bond acceptors (Lipinski definition) is 1. The molecule has 66 valence electrons. The lowest BCUT2D eigenvalue weighted by molar-refractivity contribution is -0.116. The van der Waals surface area contributed by atoms with Crippen LogP contribution in [0.5, 0.6) is 0 Å². The second-order valence-corrected chi connectivity index (χ2v) is 2.27. The second-order valence-electron chi connectivity index (χ2n) is 2.27. The van der Waals surface area contributed by atoms with Crippen molar-refractivity contribution >= 4 is 5.91 Å². The number of nitrogens with two attached hydrogens (primary N) is 1. The number of rotatable bonds is 5. The van der Waals surface area contributed by atoms with Crippen LogP contribution in [0.3, 0.4) is 0 Å². The number of hydrogen-bond donors (Lipinski definition) is 1. The van der Waals surface area contributed by atoms with Gasteiger partial charge in [0.15, 0.2) is 5.83 Å². The molecule has 2 N–H and O–H groups in total. The Hall–Kier alpha value is -1.38. The number of halogens is 1. The van der Waals surface area contributed by atoms with Crippen molar-refractivity contribution in [2.45, 2.75) is 12.8 Å². The van der Waals surface area contributed by atoms with Crippen LogP contribution < -0.4 is 5.73 Å². The Labute approximate surface area is 71.3 Å². The highest BCUT2D eigenvalue weighted by Gasteiger charge is 2.08. The first-order valence-electron chi connectivity index (χ1n) is 3.52. The third kappa shape index (κ3) is 3.14. The van der Waals surface area contributed by atoms with Gasteiger partial charge in [-0.2, -0.15) is 0 Å². The number of carbonyl (C=O) groups excluding carboxylic acids is 1. The van der Waals surface area contributed by atoms with Gasteiger partial charge in [-0.05, 0) is 18.4 Å². The van der Waals surface area contributed by atoms with Gasteiger partial charge in [-0.1, -0.05) is 12.2 Å². The maximum Gasteiger partial charge on any atom is 0.277 e. The molecule has 0 rings (SSSR count). The van der Waals surface area contributed by atoms with Crippen molar-refractivity contribution < 1.29 is 9.18 Å². The fraction of sp³-hybridized carbons (Fsp3) is 0.222. The Balaban J connectivity index is 4.64. The van der Waals surface area contributed by atoms with Crippen LogP contribution in [0.25, 0.3) is 0 Å². The van der Waals surface area contributed by atoms with Gasteiger partial charge in [-0.3, -0.25) is 4.79 Å². The summed E-state index contributed by atoms with van der Waals surface area (Å²) < 4.78 is 12.9. The fourth-order valence-electron chi connectivity index (χ4n) is 0.785. The van der Waals surface area contributed by atoms with E-state index in [9.17, 15) is 9.18 Å². The molecule has 2 nitrogen and oxygen atoms in total. The smallest absolute Gasteiger partial charge is 0.277 e. The summed E-state index contributed by atoms with van der Waals surface area (Å²) in [6, 6.07) is 0. The molecular formula is C9H12FNO. The van der Waals surface area contributed by atoms with Crippen LogP contribution in [-0.2, 0) is 4.79 Å². The lowest BCUT2D eigenvalue weighted by Gasteiger charge is -2.00. The van der Waals surface area contributed by atoms with E-state index in [1.54, 1.807) is 0 Å². The highest BCUT2D eigenvalue weighted by molar-refractivity contribution is 5.90. The first kappa shape index (κ1) is 10.6. The lowest BCUT2D eigenvalue weighted by Crippen LogP contribution is -2.12. The molecule has 0 fully saturated rings. The maximum absolute atomic E-state index is 12.9. The van der Waals surface area contributed by atoms with Crippen LogP contribution in [0.1, 0.15) is 12.8 Å². The predicted octanol–water partition coefficient (Wildman–Crippen LogP) is 1.85. The average molecular weight is 169 g/mol. The predicted molar refractivity (Wildman–Crippen MR) is 47.0 cm³/mol. The van der Waals surface area contributed by atoms with Gasteiger partial charge < -0.3 is 5.73 Å². The Kier molecular flexibility index (Phi) is 4.69.